The van der Waals surface area contributed by atoms with Gasteiger partial charge in [-0.2, -0.15) is 8.42 Å². The smallest absolute Gasteiger partial charge is 0.283 e. The van der Waals surface area contributed by atoms with E-state index < -0.39 is 55.4 Å². The first-order valence-electron chi connectivity index (χ1n) is 6.22. The number of phenols is 1. The highest BCUT2D eigenvalue weighted by Gasteiger charge is 2.36. The lowest BCUT2D eigenvalue weighted by Crippen LogP contribution is -2.38. The summed E-state index contributed by atoms with van der Waals surface area (Å²) in [5, 5.41) is 9.59. The Balaban J connectivity index is 2.65. The highest BCUT2D eigenvalue weighted by Crippen LogP contribution is 2.33. The summed E-state index contributed by atoms with van der Waals surface area (Å²) >= 11 is 0. The van der Waals surface area contributed by atoms with E-state index in [1.807, 2.05) is 0 Å². The van der Waals surface area contributed by atoms with E-state index in [2.05, 4.69) is 0 Å². The minimum absolute atomic E-state index is 0.0780. The molecule has 0 bridgehead atoms. The van der Waals surface area contributed by atoms with Crippen molar-refractivity contribution in [3.8, 4) is 11.5 Å². The largest absolute Gasteiger partial charge is 0.504 e. The van der Waals surface area contributed by atoms with Crippen LogP contribution in [0.15, 0.2) is 23.1 Å². The number of anilines is 1. The van der Waals surface area contributed by atoms with Gasteiger partial charge in [-0.15, -0.1) is 0 Å². The molecule has 0 unspecified atom stereocenters. The van der Waals surface area contributed by atoms with Gasteiger partial charge in [0.15, 0.2) is 39.7 Å². The molecule has 0 amide bonds. The Labute approximate surface area is 137 Å². The average molecular weight is 384 g/mol. The molecule has 0 saturated carbocycles. The summed E-state index contributed by atoms with van der Waals surface area (Å²) in [4.78, 5) is -2.12. The zero-order valence-electron chi connectivity index (χ0n) is 12.2. The van der Waals surface area contributed by atoms with E-state index in [0.717, 1.165) is 18.2 Å². The third-order valence-electron chi connectivity index (χ3n) is 3.10. The molecule has 0 fully saturated rings. The summed E-state index contributed by atoms with van der Waals surface area (Å²) in [7, 11) is -4.19. The summed E-state index contributed by atoms with van der Waals surface area (Å²) < 4.78 is 95.8. The molecule has 0 radical (unpaired) electrons. The van der Waals surface area contributed by atoms with Crippen LogP contribution in [0.4, 0.5) is 27.6 Å². The Morgan fingerprint density at radius 1 is 1.00 bits per heavy atom. The van der Waals surface area contributed by atoms with E-state index in [1.165, 1.54) is 7.11 Å². The first-order valence-corrected chi connectivity index (χ1v) is 7.66. The van der Waals surface area contributed by atoms with Crippen LogP contribution >= 0.6 is 0 Å². The van der Waals surface area contributed by atoms with Crippen molar-refractivity contribution in [3.63, 3.8) is 0 Å². The fourth-order valence-electron chi connectivity index (χ4n) is 1.86. The van der Waals surface area contributed by atoms with Gasteiger partial charge in [-0.1, -0.05) is 0 Å². The standard InChI is InChI=1S/C13H9F5N2O4S/c1-24-7-3-2-5(4-6(7)21)20(19)25(22,23)13-11(17)9(15)8(14)10(16)12(13)18/h2-4,21H,19H2,1H3. The average Bonchev–Trinajstić information content (AvgIpc) is 2.57. The summed E-state index contributed by atoms with van der Waals surface area (Å²) in [6.45, 7) is 0. The molecule has 2 rings (SSSR count). The molecule has 25 heavy (non-hydrogen) atoms. The Bertz CT molecular complexity index is 923. The lowest BCUT2D eigenvalue weighted by atomic mass is 10.3. The molecule has 3 N–H and O–H groups in total. The molecule has 0 saturated heterocycles. The van der Waals surface area contributed by atoms with Crippen molar-refractivity contribution in [2.45, 2.75) is 4.90 Å². The minimum Gasteiger partial charge on any atom is -0.504 e. The second-order valence-electron chi connectivity index (χ2n) is 4.56. The first kappa shape index (κ1) is 18.7. The number of halogens is 5. The molecule has 12 heteroatoms. The molecule has 0 heterocycles. The number of nitrogens with zero attached hydrogens (tertiary/aromatic N) is 1. The number of hydrazine groups is 1. The Kier molecular flexibility index (Phi) is 4.77. The molecule has 0 atom stereocenters. The van der Waals surface area contributed by atoms with Gasteiger partial charge in [0.2, 0.25) is 5.82 Å². The van der Waals surface area contributed by atoms with Crippen molar-refractivity contribution in [2.75, 3.05) is 11.5 Å². The Morgan fingerprint density at radius 3 is 1.92 bits per heavy atom. The van der Waals surface area contributed by atoms with Gasteiger partial charge in [0.1, 0.15) is 0 Å². The van der Waals surface area contributed by atoms with Crippen LogP contribution in [0.5, 0.6) is 11.5 Å². The first-order chi connectivity index (χ1) is 11.5. The predicted octanol–water partition coefficient (Wildman–Crippen LogP) is 2.17. The van der Waals surface area contributed by atoms with Gasteiger partial charge in [0, 0.05) is 6.07 Å². The number of ether oxygens (including phenoxy) is 1. The number of hydrogen-bond acceptors (Lipinski definition) is 5. The van der Waals surface area contributed by atoms with Crippen molar-refractivity contribution < 1.29 is 40.2 Å². The molecule has 0 aliphatic heterocycles. The fraction of sp³-hybridized carbons (Fsp3) is 0.0769. The second kappa shape index (κ2) is 6.37. The van der Waals surface area contributed by atoms with Crippen molar-refractivity contribution in [1.29, 1.82) is 0 Å². The third-order valence-corrected chi connectivity index (χ3v) is 4.71. The van der Waals surface area contributed by atoms with E-state index in [4.69, 9.17) is 10.6 Å². The summed E-state index contributed by atoms with van der Waals surface area (Å²) in [6, 6.07) is 2.79. The third kappa shape index (κ3) is 2.93. The molecule has 0 aliphatic carbocycles. The number of sulfonamides is 1. The molecular formula is C13H9F5N2O4S. The topological polar surface area (TPSA) is 92.9 Å². The highest BCUT2D eigenvalue weighted by molar-refractivity contribution is 7.92. The second-order valence-corrected chi connectivity index (χ2v) is 6.31. The van der Waals surface area contributed by atoms with Crippen molar-refractivity contribution in [1.82, 2.24) is 0 Å². The SMILES string of the molecule is COc1ccc(N(N)S(=O)(=O)c2c(F)c(F)c(F)c(F)c2F)cc1O. The maximum Gasteiger partial charge on any atom is 0.283 e. The number of nitrogens with two attached hydrogens (primary N) is 1. The monoisotopic (exact) mass is 384 g/mol. The fourth-order valence-corrected chi connectivity index (χ4v) is 3.08. The number of aromatic hydroxyl groups is 1. The van der Waals surface area contributed by atoms with E-state index in [0.29, 0.717) is 0 Å². The van der Waals surface area contributed by atoms with E-state index in [9.17, 15) is 35.5 Å². The van der Waals surface area contributed by atoms with Gasteiger partial charge in [-0.05, 0) is 12.1 Å². The Hall–Kier alpha value is -2.60. The van der Waals surface area contributed by atoms with E-state index >= 15 is 0 Å². The van der Waals surface area contributed by atoms with Crippen LogP contribution in [0.2, 0.25) is 0 Å². The van der Waals surface area contributed by atoms with Gasteiger partial charge < -0.3 is 9.84 Å². The van der Waals surface area contributed by atoms with Crippen LogP contribution in [0.25, 0.3) is 0 Å². The molecule has 6 nitrogen and oxygen atoms in total. The maximum absolute atomic E-state index is 13.7. The quantitative estimate of drug-likeness (QED) is 0.277. The van der Waals surface area contributed by atoms with E-state index in [1.54, 1.807) is 0 Å². The molecule has 0 aliphatic rings. The van der Waals surface area contributed by atoms with Gasteiger partial charge in [0.05, 0.1) is 12.8 Å². The predicted molar refractivity (Wildman–Crippen MR) is 74.7 cm³/mol. The molecule has 0 aromatic heterocycles. The number of methoxy groups -OCH3 is 1. The van der Waals surface area contributed by atoms with Gasteiger partial charge >= 0.3 is 0 Å². The molecule has 0 spiro atoms. The van der Waals surface area contributed by atoms with Crippen LogP contribution in [-0.2, 0) is 10.0 Å². The Morgan fingerprint density at radius 2 is 1.48 bits per heavy atom. The van der Waals surface area contributed by atoms with Crippen LogP contribution in [0, 0.1) is 29.1 Å². The van der Waals surface area contributed by atoms with Gasteiger partial charge in [0.25, 0.3) is 10.0 Å². The molecule has 136 valence electrons. The summed E-state index contributed by atoms with van der Waals surface area (Å²) in [6.07, 6.45) is 0. The number of rotatable bonds is 4. The maximum atomic E-state index is 13.7. The van der Waals surface area contributed by atoms with Crippen LogP contribution < -0.4 is 15.0 Å². The minimum atomic E-state index is -5.39. The summed E-state index contributed by atoms with van der Waals surface area (Å²) in [5.74, 6) is -7.92. The van der Waals surface area contributed by atoms with Crippen LogP contribution in [0.3, 0.4) is 0 Å². The zero-order valence-corrected chi connectivity index (χ0v) is 13.0. The summed E-state index contributed by atoms with van der Waals surface area (Å²) in [5.41, 5.74) is -0.526. The normalized spacial score (nSPS) is 11.5. The number of phenolic OH excluding ortho intramolecular Hbond substituents is 1. The van der Waals surface area contributed by atoms with Crippen molar-refractivity contribution in [2.24, 2.45) is 5.84 Å². The highest BCUT2D eigenvalue weighted by atomic mass is 32.2. The molecule has 2 aromatic rings. The molecular weight excluding hydrogens is 375 g/mol. The molecule has 2 aromatic carbocycles. The van der Waals surface area contributed by atoms with Gasteiger partial charge in [-0.3, -0.25) is 0 Å². The van der Waals surface area contributed by atoms with Gasteiger partial charge in [-0.25, -0.2) is 32.2 Å². The zero-order chi connectivity index (χ0) is 19.1. The van der Waals surface area contributed by atoms with Crippen LogP contribution in [-0.4, -0.2) is 20.6 Å². The number of benzene rings is 2. The van der Waals surface area contributed by atoms with Crippen molar-refractivity contribution in [3.05, 3.63) is 47.3 Å². The van der Waals surface area contributed by atoms with Crippen LogP contribution in [0.1, 0.15) is 0 Å². The van der Waals surface area contributed by atoms with E-state index in [-0.39, 0.29) is 10.2 Å². The van der Waals surface area contributed by atoms with Crippen molar-refractivity contribution >= 4 is 15.7 Å². The lowest BCUT2D eigenvalue weighted by molar-refractivity contribution is 0.357. The lowest BCUT2D eigenvalue weighted by Gasteiger charge is -2.20. The number of hydrogen-bond donors (Lipinski definition) is 2.